The van der Waals surface area contributed by atoms with Gasteiger partial charge in [-0.2, -0.15) is 0 Å². The molecule has 1 saturated carbocycles. The quantitative estimate of drug-likeness (QED) is 0.485. The predicted octanol–water partition coefficient (Wildman–Crippen LogP) is 3.91. The summed E-state index contributed by atoms with van der Waals surface area (Å²) in [5, 5.41) is 4.06. The van der Waals surface area contributed by atoms with Crippen LogP contribution in [0, 0.1) is 0 Å². The molecule has 0 unspecified atom stereocenters. The molecule has 0 saturated heterocycles. The van der Waals surface area contributed by atoms with Crippen LogP contribution in [0.2, 0.25) is 0 Å². The number of carbonyl (C=O) groups excluding carboxylic acids is 1. The minimum absolute atomic E-state index is 0.151. The van der Waals surface area contributed by atoms with Crippen LogP contribution in [-0.4, -0.2) is 11.6 Å². The van der Waals surface area contributed by atoms with Crippen molar-refractivity contribution in [2.24, 2.45) is 5.16 Å². The Morgan fingerprint density at radius 1 is 1.50 bits per heavy atom. The second-order valence-corrected chi connectivity index (χ2v) is 5.42. The van der Waals surface area contributed by atoms with Gasteiger partial charge in [-0.25, -0.2) is 0 Å². The van der Waals surface area contributed by atoms with E-state index in [0.717, 1.165) is 17.7 Å². The van der Waals surface area contributed by atoms with E-state index >= 15 is 0 Å². The molecule has 1 aliphatic carbocycles. The van der Waals surface area contributed by atoms with Crippen LogP contribution in [0.5, 0.6) is 0 Å². The molecule has 0 spiro atoms. The van der Waals surface area contributed by atoms with Gasteiger partial charge in [-0.15, -0.1) is 0 Å². The van der Waals surface area contributed by atoms with Gasteiger partial charge in [0.25, 0.3) is 5.91 Å². The van der Waals surface area contributed by atoms with Crippen LogP contribution in [0.25, 0.3) is 0 Å². The molecule has 4 nitrogen and oxygen atoms in total. The number of amides is 1. The average molecular weight is 339 g/mol. The number of hydrogen-bond donors (Lipinski definition) is 1. The molecule has 0 heterocycles. The minimum Gasteiger partial charge on any atom is -0.391 e. The zero-order chi connectivity index (χ0) is 14.5. The van der Waals surface area contributed by atoms with Crippen LogP contribution in [0.4, 0.5) is 0 Å². The van der Waals surface area contributed by atoms with E-state index in [1.165, 1.54) is 18.4 Å². The third kappa shape index (κ3) is 3.60. The lowest BCUT2D eigenvalue weighted by molar-refractivity contribution is 0.0974. The number of nitrogens with zero attached hydrogens (tertiary/aromatic N) is 1. The second kappa shape index (κ2) is 6.88. The summed E-state index contributed by atoms with van der Waals surface area (Å²) in [7, 11) is 0. The minimum atomic E-state index is -0.151. The highest BCUT2D eigenvalue weighted by atomic mass is 79.9. The maximum Gasteiger partial charge on any atom is 0.261 e. The van der Waals surface area contributed by atoms with Gasteiger partial charge in [0.05, 0.1) is 5.71 Å². The van der Waals surface area contributed by atoms with Crippen LogP contribution < -0.4 is 4.34 Å². The number of hydrogen-bond acceptors (Lipinski definition) is 3. The summed E-state index contributed by atoms with van der Waals surface area (Å²) in [5.41, 5.74) is 3.75. The molecular weight excluding hydrogens is 320 g/mol. The summed E-state index contributed by atoms with van der Waals surface area (Å²) in [5.74, 6) is 0.412. The van der Waals surface area contributed by atoms with Crippen molar-refractivity contribution in [1.29, 1.82) is 0 Å². The fraction of sp³-hybridized carbons (Fsp3) is 0.467. The third-order valence-electron chi connectivity index (χ3n) is 3.50. The first-order valence-corrected chi connectivity index (χ1v) is 7.64. The molecule has 5 heteroatoms. The van der Waals surface area contributed by atoms with Crippen LogP contribution in [-0.2, 0) is 11.4 Å². The third-order valence-corrected chi connectivity index (χ3v) is 3.86. The molecular formula is C15H19BrN2O2. The molecule has 0 atom stereocenters. The summed E-state index contributed by atoms with van der Waals surface area (Å²) in [6, 6.07) is 5.82. The maximum atomic E-state index is 11.9. The zero-order valence-corrected chi connectivity index (χ0v) is 13.4. The Bertz CT molecular complexity index is 525. The lowest BCUT2D eigenvalue weighted by Crippen LogP contribution is -2.16. The highest BCUT2D eigenvalue weighted by molar-refractivity contribution is 9.08. The first-order chi connectivity index (χ1) is 9.67. The van der Waals surface area contributed by atoms with E-state index in [1.807, 2.05) is 26.0 Å². The average Bonchev–Trinajstić information content (AvgIpc) is 3.30. The van der Waals surface area contributed by atoms with Gasteiger partial charge in [0.1, 0.15) is 6.61 Å². The summed E-state index contributed by atoms with van der Waals surface area (Å²) in [6.45, 7) is 4.29. The number of oxime groups is 1. The Morgan fingerprint density at radius 2 is 2.25 bits per heavy atom. The van der Waals surface area contributed by atoms with E-state index in [9.17, 15) is 4.79 Å². The summed E-state index contributed by atoms with van der Waals surface area (Å²) >= 11 is 3.00. The maximum absolute atomic E-state index is 11.9. The number of benzene rings is 1. The molecule has 108 valence electrons. The number of rotatable bonds is 6. The van der Waals surface area contributed by atoms with Crippen molar-refractivity contribution in [1.82, 2.24) is 4.34 Å². The smallest absolute Gasteiger partial charge is 0.261 e. The highest BCUT2D eigenvalue weighted by Gasteiger charge is 2.28. The Morgan fingerprint density at radius 3 is 2.85 bits per heavy atom. The van der Waals surface area contributed by atoms with Gasteiger partial charge in [-0.05, 0) is 43.7 Å². The van der Waals surface area contributed by atoms with E-state index in [-0.39, 0.29) is 5.91 Å². The van der Waals surface area contributed by atoms with E-state index in [1.54, 1.807) is 0 Å². The fourth-order valence-electron chi connectivity index (χ4n) is 2.08. The second-order valence-electron chi connectivity index (χ2n) is 5.02. The summed E-state index contributed by atoms with van der Waals surface area (Å²) in [4.78, 5) is 17.4. The fourth-order valence-corrected chi connectivity index (χ4v) is 2.29. The van der Waals surface area contributed by atoms with Gasteiger partial charge in [-0.3, -0.25) is 9.14 Å². The van der Waals surface area contributed by atoms with Crippen LogP contribution in [0.15, 0.2) is 23.4 Å². The summed E-state index contributed by atoms with van der Waals surface area (Å²) in [6.07, 6.45) is 3.23. The highest BCUT2D eigenvalue weighted by Crippen LogP contribution is 2.42. The topological polar surface area (TPSA) is 50.7 Å². The van der Waals surface area contributed by atoms with Crippen LogP contribution in [0.1, 0.15) is 60.5 Å². The van der Waals surface area contributed by atoms with Crippen molar-refractivity contribution in [3.63, 3.8) is 0 Å². The molecule has 1 N–H and O–H groups in total. The number of nitrogens with one attached hydrogen (secondary N) is 1. The molecule has 1 amide bonds. The van der Waals surface area contributed by atoms with Crippen molar-refractivity contribution in [2.45, 2.75) is 45.6 Å². The van der Waals surface area contributed by atoms with Gasteiger partial charge in [0.2, 0.25) is 0 Å². The predicted molar refractivity (Wildman–Crippen MR) is 83.0 cm³/mol. The van der Waals surface area contributed by atoms with Crippen molar-refractivity contribution in [2.75, 3.05) is 0 Å². The standard InChI is InChI=1S/C15H19BrN2O2/c1-3-10(2)18-20-9-14-12(11-7-8-11)5-4-6-13(14)15(19)17-16/h4-6,11H,3,7-9H2,1-2H3,(H,17,19). The van der Waals surface area contributed by atoms with Crippen molar-refractivity contribution in [3.8, 4) is 0 Å². The van der Waals surface area contributed by atoms with Gasteiger partial charge < -0.3 is 4.84 Å². The first-order valence-electron chi connectivity index (χ1n) is 6.85. The first kappa shape index (κ1) is 15.0. The lowest BCUT2D eigenvalue weighted by Gasteiger charge is -2.12. The molecule has 1 aromatic carbocycles. The van der Waals surface area contributed by atoms with Crippen LogP contribution >= 0.6 is 16.1 Å². The molecule has 20 heavy (non-hydrogen) atoms. The monoisotopic (exact) mass is 338 g/mol. The number of carbonyl (C=O) groups is 1. The molecule has 1 fully saturated rings. The largest absolute Gasteiger partial charge is 0.391 e. The SMILES string of the molecule is CCC(C)=NOCc1c(C(=O)NBr)cccc1C1CC1. The number of halogens is 1. The van der Waals surface area contributed by atoms with Gasteiger partial charge in [0.15, 0.2) is 0 Å². The molecule has 0 aliphatic heterocycles. The lowest BCUT2D eigenvalue weighted by atomic mass is 9.98. The molecule has 1 aromatic rings. The van der Waals surface area contributed by atoms with Crippen molar-refractivity contribution < 1.29 is 9.63 Å². The Hall–Kier alpha value is -1.36. The van der Waals surface area contributed by atoms with E-state index in [2.05, 4.69) is 31.7 Å². The van der Waals surface area contributed by atoms with Crippen LogP contribution in [0.3, 0.4) is 0 Å². The zero-order valence-electron chi connectivity index (χ0n) is 11.8. The Kier molecular flexibility index (Phi) is 5.17. The molecule has 0 radical (unpaired) electrons. The van der Waals surface area contributed by atoms with Gasteiger partial charge in [-0.1, -0.05) is 24.2 Å². The molecule has 1 aliphatic rings. The van der Waals surface area contributed by atoms with Gasteiger partial charge in [0, 0.05) is 27.3 Å². The normalized spacial score (nSPS) is 15.1. The molecule has 0 bridgehead atoms. The van der Waals surface area contributed by atoms with Crippen molar-refractivity contribution in [3.05, 3.63) is 34.9 Å². The van der Waals surface area contributed by atoms with E-state index < -0.39 is 0 Å². The van der Waals surface area contributed by atoms with E-state index in [0.29, 0.717) is 18.1 Å². The molecule has 0 aromatic heterocycles. The van der Waals surface area contributed by atoms with E-state index in [4.69, 9.17) is 4.84 Å². The Balaban J connectivity index is 2.24. The van der Waals surface area contributed by atoms with Gasteiger partial charge >= 0.3 is 0 Å². The van der Waals surface area contributed by atoms with Crippen molar-refractivity contribution >= 4 is 27.8 Å². The molecule has 2 rings (SSSR count). The Labute approximate surface area is 127 Å². The summed E-state index contributed by atoms with van der Waals surface area (Å²) < 4.78 is 2.50.